The van der Waals surface area contributed by atoms with Crippen LogP contribution >= 0.6 is 11.6 Å². The minimum atomic E-state index is -0.966. The molecular weight excluding hydrogens is 522 g/mol. The number of carbonyl (C=O) groups is 2. The Labute approximate surface area is 230 Å². The first kappa shape index (κ1) is 26.9. The van der Waals surface area contributed by atoms with Crippen molar-refractivity contribution in [2.45, 2.75) is 24.4 Å². The van der Waals surface area contributed by atoms with Gasteiger partial charge in [0.2, 0.25) is 5.91 Å². The lowest BCUT2D eigenvalue weighted by molar-refractivity contribution is -0.133. The molecule has 39 heavy (non-hydrogen) atoms. The van der Waals surface area contributed by atoms with Gasteiger partial charge in [-0.25, -0.2) is 9.59 Å². The van der Waals surface area contributed by atoms with E-state index in [1.165, 1.54) is 4.57 Å². The van der Waals surface area contributed by atoms with Crippen LogP contribution in [0.3, 0.4) is 0 Å². The number of morpholine rings is 1. The van der Waals surface area contributed by atoms with Crippen molar-refractivity contribution >= 4 is 35.6 Å². The fraction of sp³-hybridized carbons (Fsp3) is 0.345. The van der Waals surface area contributed by atoms with Crippen molar-refractivity contribution < 1.29 is 23.8 Å². The Morgan fingerprint density at radius 3 is 2.36 bits per heavy atom. The minimum Gasteiger partial charge on any atom is -0.478 e. The minimum absolute atomic E-state index is 0.157. The third-order valence-electron chi connectivity index (χ3n) is 7.28. The largest absolute Gasteiger partial charge is 0.478 e. The number of carbonyl (C=O) groups excluding carboxylic acids is 1. The molecule has 2 atom stereocenters. The highest BCUT2D eigenvalue weighted by Crippen LogP contribution is 2.26. The number of aromatic nitrogens is 1. The Bertz CT molecular complexity index is 1520. The number of halogens is 1. The molecule has 2 heterocycles. The van der Waals surface area contributed by atoms with Crippen molar-refractivity contribution in [3.05, 3.63) is 81.0 Å². The van der Waals surface area contributed by atoms with Gasteiger partial charge >= 0.3 is 11.7 Å². The van der Waals surface area contributed by atoms with Crippen molar-refractivity contribution in [2.75, 3.05) is 39.9 Å². The second-order valence-electron chi connectivity index (χ2n) is 9.76. The van der Waals surface area contributed by atoms with Crippen LogP contribution in [0.5, 0.6) is 0 Å². The number of carboxylic acid groups (broad SMARTS) is 1. The molecule has 2 aromatic carbocycles. The maximum Gasteiger partial charge on any atom is 0.420 e. The van der Waals surface area contributed by atoms with E-state index in [9.17, 15) is 14.4 Å². The maximum atomic E-state index is 13.5. The average Bonchev–Trinajstić information content (AvgIpc) is 3.25. The van der Waals surface area contributed by atoms with Crippen LogP contribution in [0.4, 0.5) is 0 Å². The first-order valence-corrected chi connectivity index (χ1v) is 13.3. The standard InChI is InChI=1S/C29H30ClN3O6/c1-31(27(34)18-33-24-16-23(30)10-11-26(24)39-29(33)37)25(17-32-12-14-38-15-13-32)21-6-2-19(3-7-21)20-4-8-22(9-5-20)28(35)36/h2-9,11,16,23,25H,10,12-15,17-18H2,1H3,(H,35,36). The smallest absolute Gasteiger partial charge is 0.420 e. The van der Waals surface area contributed by atoms with Gasteiger partial charge in [-0.15, -0.1) is 11.6 Å². The number of hydrogen-bond acceptors (Lipinski definition) is 6. The first-order chi connectivity index (χ1) is 18.8. The summed E-state index contributed by atoms with van der Waals surface area (Å²) in [6.45, 7) is 3.26. The quantitative estimate of drug-likeness (QED) is 0.426. The van der Waals surface area contributed by atoms with Gasteiger partial charge in [0, 0.05) is 26.7 Å². The van der Waals surface area contributed by atoms with Gasteiger partial charge in [0.05, 0.1) is 35.5 Å². The molecule has 0 radical (unpaired) electrons. The number of fused-ring (bicyclic) bond motifs is 1. The third kappa shape index (κ3) is 6.00. The van der Waals surface area contributed by atoms with Gasteiger partial charge in [0.25, 0.3) is 0 Å². The number of alkyl halides is 1. The van der Waals surface area contributed by atoms with Gasteiger partial charge in [-0.3, -0.25) is 14.3 Å². The molecule has 1 fully saturated rings. The third-order valence-corrected chi connectivity index (χ3v) is 7.58. The molecule has 0 bridgehead atoms. The van der Waals surface area contributed by atoms with Crippen LogP contribution in [-0.4, -0.2) is 76.6 Å². The molecule has 1 aromatic heterocycles. The molecule has 204 valence electrons. The van der Waals surface area contributed by atoms with E-state index in [4.69, 9.17) is 25.9 Å². The summed E-state index contributed by atoms with van der Waals surface area (Å²) in [6, 6.07) is 14.4. The van der Waals surface area contributed by atoms with Crippen molar-refractivity contribution in [1.82, 2.24) is 14.4 Å². The molecule has 1 aliphatic carbocycles. The predicted octanol–water partition coefficient (Wildman–Crippen LogP) is 1.91. The summed E-state index contributed by atoms with van der Waals surface area (Å²) in [7, 11) is 1.75. The molecular formula is C29H30ClN3O6. The van der Waals surface area contributed by atoms with Crippen LogP contribution in [0.1, 0.15) is 28.4 Å². The second-order valence-corrected chi connectivity index (χ2v) is 10.3. The van der Waals surface area contributed by atoms with Crippen molar-refractivity contribution in [2.24, 2.45) is 0 Å². The normalized spacial score (nSPS) is 17.9. The molecule has 3 aromatic rings. The van der Waals surface area contributed by atoms with Crippen molar-refractivity contribution in [3.8, 4) is 11.1 Å². The number of nitrogens with zero attached hydrogens (tertiary/aromatic N) is 3. The van der Waals surface area contributed by atoms with E-state index < -0.39 is 11.7 Å². The SMILES string of the molecule is CN(C(=O)Cn1c(=O)oc2c1=CC(Cl)CC=2)C(CN1CCOCC1)c1ccc(-c2ccc(C(=O)O)cc2)cc1. The summed E-state index contributed by atoms with van der Waals surface area (Å²) in [5, 5.41) is 9.44. The van der Waals surface area contributed by atoms with E-state index in [1.807, 2.05) is 24.3 Å². The fourth-order valence-corrected chi connectivity index (χ4v) is 5.17. The molecule has 2 aliphatic rings. The van der Waals surface area contributed by atoms with E-state index in [1.54, 1.807) is 48.4 Å². The first-order valence-electron chi connectivity index (χ1n) is 12.9. The summed E-state index contributed by atoms with van der Waals surface area (Å²) in [5.74, 6) is -1.77. The molecule has 0 saturated carbocycles. The highest BCUT2D eigenvalue weighted by molar-refractivity contribution is 6.24. The van der Waals surface area contributed by atoms with Gasteiger partial charge in [0.15, 0.2) is 5.42 Å². The van der Waals surface area contributed by atoms with Crippen molar-refractivity contribution in [3.63, 3.8) is 0 Å². The van der Waals surface area contributed by atoms with Crippen LogP contribution in [0, 0.1) is 0 Å². The molecule has 1 N–H and O–H groups in total. The van der Waals surface area contributed by atoms with Crippen LogP contribution in [0.15, 0.2) is 57.7 Å². The number of benzene rings is 2. The number of amides is 1. The van der Waals surface area contributed by atoms with Gasteiger partial charge < -0.3 is 19.2 Å². The van der Waals surface area contributed by atoms with E-state index >= 15 is 0 Å². The van der Waals surface area contributed by atoms with Crippen LogP contribution in [-0.2, 0) is 16.1 Å². The Morgan fingerprint density at radius 1 is 1.08 bits per heavy atom. The number of rotatable bonds is 8. The number of hydrogen-bond donors (Lipinski definition) is 1. The maximum absolute atomic E-state index is 13.5. The highest BCUT2D eigenvalue weighted by Gasteiger charge is 2.26. The zero-order valence-electron chi connectivity index (χ0n) is 21.6. The van der Waals surface area contributed by atoms with Crippen LogP contribution in [0.2, 0.25) is 0 Å². The van der Waals surface area contributed by atoms with E-state index in [-0.39, 0.29) is 29.4 Å². The lowest BCUT2D eigenvalue weighted by atomic mass is 9.98. The molecule has 1 saturated heterocycles. The molecule has 9 nitrogen and oxygen atoms in total. The summed E-state index contributed by atoms with van der Waals surface area (Å²) >= 11 is 6.26. The van der Waals surface area contributed by atoms with E-state index in [2.05, 4.69) is 4.90 Å². The van der Waals surface area contributed by atoms with Gasteiger partial charge in [0.1, 0.15) is 6.54 Å². The highest BCUT2D eigenvalue weighted by atomic mass is 35.5. The van der Waals surface area contributed by atoms with Gasteiger partial charge in [-0.2, -0.15) is 0 Å². The van der Waals surface area contributed by atoms with Gasteiger partial charge in [-0.05, 0) is 47.4 Å². The summed E-state index contributed by atoms with van der Waals surface area (Å²) in [5.41, 5.74) is 3.47. The lowest BCUT2D eigenvalue weighted by Crippen LogP contribution is -2.46. The van der Waals surface area contributed by atoms with Gasteiger partial charge in [-0.1, -0.05) is 36.4 Å². The summed E-state index contributed by atoms with van der Waals surface area (Å²) in [6.07, 6.45) is 4.09. The Balaban J connectivity index is 1.40. The molecule has 5 rings (SSSR count). The number of carboxylic acids is 1. The second kappa shape index (κ2) is 11.6. The summed E-state index contributed by atoms with van der Waals surface area (Å²) in [4.78, 5) is 41.2. The molecule has 1 amide bonds. The molecule has 10 heteroatoms. The predicted molar refractivity (Wildman–Crippen MR) is 147 cm³/mol. The Hall–Kier alpha value is -3.66. The van der Waals surface area contributed by atoms with Crippen molar-refractivity contribution in [1.29, 1.82) is 0 Å². The topological polar surface area (TPSA) is 105 Å². The van der Waals surface area contributed by atoms with Crippen LogP contribution < -0.4 is 16.5 Å². The monoisotopic (exact) mass is 551 g/mol. The number of ether oxygens (including phenoxy) is 1. The molecule has 0 spiro atoms. The Morgan fingerprint density at radius 2 is 1.72 bits per heavy atom. The van der Waals surface area contributed by atoms with Crippen LogP contribution in [0.25, 0.3) is 23.3 Å². The van der Waals surface area contributed by atoms with E-state index in [0.29, 0.717) is 36.9 Å². The zero-order chi connectivity index (χ0) is 27.5. The fourth-order valence-electron chi connectivity index (χ4n) is 4.96. The number of likely N-dealkylation sites (N-methyl/N-ethyl adjacent to an activating group) is 1. The number of oxazole rings is 1. The Kier molecular flexibility index (Phi) is 8.02. The summed E-state index contributed by atoms with van der Waals surface area (Å²) < 4.78 is 12.2. The number of aromatic carboxylic acids is 1. The average molecular weight is 552 g/mol. The molecule has 1 aliphatic heterocycles. The van der Waals surface area contributed by atoms with E-state index in [0.717, 1.165) is 29.8 Å². The molecule has 2 unspecified atom stereocenters. The lowest BCUT2D eigenvalue weighted by Gasteiger charge is -2.35. The zero-order valence-corrected chi connectivity index (χ0v) is 22.3.